The number of amides is 1. The van der Waals surface area contributed by atoms with E-state index in [1.54, 1.807) is 11.3 Å². The predicted octanol–water partition coefficient (Wildman–Crippen LogP) is 1.73. The van der Waals surface area contributed by atoms with Crippen LogP contribution in [0.5, 0.6) is 0 Å². The third kappa shape index (κ3) is 3.13. The average Bonchev–Trinajstić information content (AvgIpc) is 3.11. The number of hydrogen-bond donors (Lipinski definition) is 2. The molecule has 6 heteroatoms. The third-order valence-corrected chi connectivity index (χ3v) is 4.79. The monoisotopic (exact) mass is 281 g/mol. The highest BCUT2D eigenvalue weighted by molar-refractivity contribution is 7.15. The van der Waals surface area contributed by atoms with Gasteiger partial charge in [0.2, 0.25) is 0 Å². The number of carbonyl (C=O) groups excluding carboxylic acids is 1. The Kier molecular flexibility index (Phi) is 4.10. The maximum atomic E-state index is 11.9. The Morgan fingerprint density at radius 1 is 1.42 bits per heavy atom. The minimum atomic E-state index is -0.286. The van der Waals surface area contributed by atoms with Crippen LogP contribution in [0.25, 0.3) is 0 Å². The average molecular weight is 281 g/mol. The zero-order valence-corrected chi connectivity index (χ0v) is 11.7. The Balaban J connectivity index is 1.59. The molecule has 0 spiro atoms. The molecule has 2 N–H and O–H groups in total. The molecule has 2 saturated heterocycles. The molecule has 2 fully saturated rings. The smallest absolute Gasteiger partial charge is 0.255 e. The molecule has 0 saturated carbocycles. The molecule has 2 aliphatic rings. The predicted molar refractivity (Wildman–Crippen MR) is 74.6 cm³/mol. The molecule has 3 heterocycles. The van der Waals surface area contributed by atoms with Gasteiger partial charge >= 0.3 is 0 Å². The van der Waals surface area contributed by atoms with Gasteiger partial charge in [-0.1, -0.05) is 0 Å². The lowest BCUT2D eigenvalue weighted by molar-refractivity contribution is -0.124. The number of anilines is 1. The summed E-state index contributed by atoms with van der Waals surface area (Å²) in [6.07, 6.45) is 5.72. The molecule has 1 aromatic rings. The first-order valence-corrected chi connectivity index (χ1v) is 7.73. The van der Waals surface area contributed by atoms with Crippen molar-refractivity contribution in [3.8, 4) is 0 Å². The van der Waals surface area contributed by atoms with Crippen molar-refractivity contribution < 1.29 is 9.53 Å². The van der Waals surface area contributed by atoms with E-state index in [-0.39, 0.29) is 12.0 Å². The molecule has 0 bridgehead atoms. The van der Waals surface area contributed by atoms with E-state index < -0.39 is 0 Å². The Hall–Kier alpha value is -0.980. The van der Waals surface area contributed by atoms with Crippen LogP contribution in [0, 0.1) is 0 Å². The number of carbonyl (C=O) groups is 1. The Morgan fingerprint density at radius 3 is 3.00 bits per heavy atom. The first kappa shape index (κ1) is 13.0. The van der Waals surface area contributed by atoms with E-state index in [2.05, 4.69) is 15.6 Å². The first-order valence-electron chi connectivity index (χ1n) is 6.92. The van der Waals surface area contributed by atoms with Gasteiger partial charge < -0.3 is 10.1 Å². The fraction of sp³-hybridized carbons (Fsp3) is 0.692. The summed E-state index contributed by atoms with van der Waals surface area (Å²) in [5.74, 6) is 0.538. The van der Waals surface area contributed by atoms with Gasteiger partial charge in [-0.25, -0.2) is 4.98 Å². The zero-order valence-electron chi connectivity index (χ0n) is 10.9. The number of rotatable bonds is 3. The van der Waals surface area contributed by atoms with Gasteiger partial charge in [-0.05, 0) is 44.7 Å². The summed E-state index contributed by atoms with van der Waals surface area (Å²) in [6, 6.07) is 0. The lowest BCUT2D eigenvalue weighted by atomic mass is 9.97. The molecule has 0 unspecified atom stereocenters. The van der Waals surface area contributed by atoms with E-state index in [1.165, 1.54) is 4.88 Å². The summed E-state index contributed by atoms with van der Waals surface area (Å²) in [4.78, 5) is 17.5. The lowest BCUT2D eigenvalue weighted by Crippen LogP contribution is -2.26. The number of nitrogens with one attached hydrogen (secondary N) is 2. The standard InChI is InChI=1S/C13H19N3O2S/c17-12(10-2-1-7-18-10)16-13-15-8-11(19-13)9-3-5-14-6-4-9/h8-10,14H,1-7H2,(H,15,16,17)/t10-/m1/s1. The number of thiazole rings is 1. The summed E-state index contributed by atoms with van der Waals surface area (Å²) in [5.41, 5.74) is 0. The second kappa shape index (κ2) is 5.98. The largest absolute Gasteiger partial charge is 0.368 e. The van der Waals surface area contributed by atoms with Crippen LogP contribution in [-0.2, 0) is 9.53 Å². The molecule has 5 nitrogen and oxygen atoms in total. The Bertz CT molecular complexity index is 437. The Morgan fingerprint density at radius 2 is 2.26 bits per heavy atom. The number of aromatic nitrogens is 1. The molecule has 0 aromatic carbocycles. The van der Waals surface area contributed by atoms with Crippen LogP contribution in [0.4, 0.5) is 5.13 Å². The minimum Gasteiger partial charge on any atom is -0.368 e. The number of ether oxygens (including phenoxy) is 1. The lowest BCUT2D eigenvalue weighted by Gasteiger charge is -2.20. The molecule has 1 amide bonds. The van der Waals surface area contributed by atoms with Gasteiger partial charge in [0.15, 0.2) is 5.13 Å². The van der Waals surface area contributed by atoms with E-state index in [1.807, 2.05) is 6.20 Å². The molecule has 3 rings (SSSR count). The van der Waals surface area contributed by atoms with E-state index in [0.717, 1.165) is 38.8 Å². The van der Waals surface area contributed by atoms with Gasteiger partial charge in [0.1, 0.15) is 6.10 Å². The van der Waals surface area contributed by atoms with Gasteiger partial charge in [0.25, 0.3) is 5.91 Å². The van der Waals surface area contributed by atoms with Crippen molar-refractivity contribution in [1.29, 1.82) is 0 Å². The molecule has 19 heavy (non-hydrogen) atoms. The number of piperidine rings is 1. The van der Waals surface area contributed by atoms with E-state index >= 15 is 0 Å². The number of hydrogen-bond acceptors (Lipinski definition) is 5. The second-order valence-corrected chi connectivity index (χ2v) is 6.15. The fourth-order valence-electron chi connectivity index (χ4n) is 2.61. The quantitative estimate of drug-likeness (QED) is 0.885. The van der Waals surface area contributed by atoms with Crippen molar-refractivity contribution >= 4 is 22.4 Å². The van der Waals surface area contributed by atoms with E-state index in [0.29, 0.717) is 17.7 Å². The topological polar surface area (TPSA) is 63.2 Å². The molecule has 0 radical (unpaired) electrons. The van der Waals surface area contributed by atoms with Crippen molar-refractivity contribution in [2.24, 2.45) is 0 Å². The van der Waals surface area contributed by atoms with Crippen molar-refractivity contribution in [3.05, 3.63) is 11.1 Å². The fourth-order valence-corrected chi connectivity index (χ4v) is 3.60. The van der Waals surface area contributed by atoms with Gasteiger partial charge in [-0.15, -0.1) is 11.3 Å². The Labute approximate surface area is 116 Å². The van der Waals surface area contributed by atoms with Crippen molar-refractivity contribution in [2.75, 3.05) is 25.0 Å². The molecule has 1 atom stereocenters. The molecular weight excluding hydrogens is 262 g/mol. The van der Waals surface area contributed by atoms with Crippen LogP contribution < -0.4 is 10.6 Å². The SMILES string of the molecule is O=C(Nc1ncc(C2CCNCC2)s1)[C@H]1CCCO1. The molecule has 0 aliphatic carbocycles. The van der Waals surface area contributed by atoms with Crippen molar-refractivity contribution in [2.45, 2.75) is 37.7 Å². The maximum Gasteiger partial charge on any atom is 0.255 e. The molecule has 1 aromatic heterocycles. The van der Waals surface area contributed by atoms with Gasteiger partial charge in [0, 0.05) is 17.7 Å². The summed E-state index contributed by atoms with van der Waals surface area (Å²) in [7, 11) is 0. The third-order valence-electron chi connectivity index (χ3n) is 3.72. The van der Waals surface area contributed by atoms with Crippen LogP contribution in [0.3, 0.4) is 0 Å². The van der Waals surface area contributed by atoms with E-state index in [4.69, 9.17) is 4.74 Å². The van der Waals surface area contributed by atoms with Crippen LogP contribution >= 0.6 is 11.3 Å². The van der Waals surface area contributed by atoms with Crippen LogP contribution in [0.1, 0.15) is 36.5 Å². The minimum absolute atomic E-state index is 0.0521. The maximum absolute atomic E-state index is 11.9. The normalized spacial score (nSPS) is 24.5. The zero-order chi connectivity index (χ0) is 13.1. The van der Waals surface area contributed by atoms with Gasteiger partial charge in [-0.3, -0.25) is 10.1 Å². The highest BCUT2D eigenvalue weighted by Crippen LogP contribution is 2.31. The van der Waals surface area contributed by atoms with Crippen LogP contribution in [-0.4, -0.2) is 36.7 Å². The van der Waals surface area contributed by atoms with Crippen LogP contribution in [0.2, 0.25) is 0 Å². The summed E-state index contributed by atoms with van der Waals surface area (Å²) >= 11 is 1.60. The molecule has 104 valence electrons. The van der Waals surface area contributed by atoms with E-state index in [9.17, 15) is 4.79 Å². The van der Waals surface area contributed by atoms with Crippen LogP contribution in [0.15, 0.2) is 6.20 Å². The van der Waals surface area contributed by atoms with Gasteiger partial charge in [-0.2, -0.15) is 0 Å². The van der Waals surface area contributed by atoms with Gasteiger partial charge in [0.05, 0.1) is 0 Å². The summed E-state index contributed by atoms with van der Waals surface area (Å²) in [5, 5.41) is 6.93. The summed E-state index contributed by atoms with van der Waals surface area (Å²) in [6.45, 7) is 2.83. The van der Waals surface area contributed by atoms with Crippen molar-refractivity contribution in [1.82, 2.24) is 10.3 Å². The molecular formula is C13H19N3O2S. The second-order valence-electron chi connectivity index (χ2n) is 5.08. The van der Waals surface area contributed by atoms with Crippen molar-refractivity contribution in [3.63, 3.8) is 0 Å². The highest BCUT2D eigenvalue weighted by Gasteiger charge is 2.25. The summed E-state index contributed by atoms with van der Waals surface area (Å²) < 4.78 is 5.37. The number of nitrogens with zero attached hydrogens (tertiary/aromatic N) is 1. The first-order chi connectivity index (χ1) is 9.33. The highest BCUT2D eigenvalue weighted by atomic mass is 32.1. The molecule has 2 aliphatic heterocycles.